The lowest BCUT2D eigenvalue weighted by Crippen LogP contribution is -2.21. The third kappa shape index (κ3) is 5.47. The van der Waals surface area contributed by atoms with Crippen LogP contribution in [-0.4, -0.2) is 46.4 Å². The first-order valence-corrected chi connectivity index (χ1v) is 10.5. The Balaban J connectivity index is 2.14. The molecular weight excluding hydrogens is 398 g/mol. The number of esters is 2. The number of sulfone groups is 1. The van der Waals surface area contributed by atoms with Gasteiger partial charge in [-0.25, -0.2) is 18.0 Å². The monoisotopic (exact) mass is 421 g/mol. The summed E-state index contributed by atoms with van der Waals surface area (Å²) in [6.07, 6.45) is 2.55. The standard InChI is InChI=1S/C20H23NO7S/c1-5-29(24,25)17(20(23)27-13-12-26-19(22)14(2)3)10-11-18-21(4)15-8-6-7-9-16(15)28-18/h6-11H,2,5,12-13H2,1,3-4H3/b17-10-,18-11-. The van der Waals surface area contributed by atoms with Gasteiger partial charge >= 0.3 is 11.9 Å². The van der Waals surface area contributed by atoms with Crippen molar-refractivity contribution in [2.75, 3.05) is 30.9 Å². The van der Waals surface area contributed by atoms with Crippen molar-refractivity contribution in [1.29, 1.82) is 0 Å². The summed E-state index contributed by atoms with van der Waals surface area (Å²) >= 11 is 0. The van der Waals surface area contributed by atoms with E-state index in [9.17, 15) is 18.0 Å². The molecule has 8 nitrogen and oxygen atoms in total. The molecule has 0 N–H and O–H groups in total. The van der Waals surface area contributed by atoms with E-state index in [0.717, 1.165) is 11.8 Å². The molecule has 2 rings (SSSR count). The zero-order valence-electron chi connectivity index (χ0n) is 16.5. The third-order valence-corrected chi connectivity index (χ3v) is 5.70. The fourth-order valence-corrected chi connectivity index (χ4v) is 3.23. The first-order chi connectivity index (χ1) is 13.7. The van der Waals surface area contributed by atoms with Crippen LogP contribution in [0.15, 0.2) is 59.4 Å². The van der Waals surface area contributed by atoms with Crippen LogP contribution in [0.2, 0.25) is 0 Å². The zero-order chi connectivity index (χ0) is 21.6. The minimum Gasteiger partial charge on any atom is -0.459 e. The molecule has 0 aromatic heterocycles. The van der Waals surface area contributed by atoms with E-state index in [0.29, 0.717) is 11.6 Å². The fourth-order valence-electron chi connectivity index (χ4n) is 2.33. The molecular formula is C20H23NO7S. The number of allylic oxidation sites excluding steroid dienone is 2. The van der Waals surface area contributed by atoms with Crippen molar-refractivity contribution in [1.82, 2.24) is 0 Å². The van der Waals surface area contributed by atoms with E-state index in [2.05, 4.69) is 6.58 Å². The average Bonchev–Trinajstić information content (AvgIpc) is 3.01. The molecule has 1 aliphatic heterocycles. The van der Waals surface area contributed by atoms with Crippen LogP contribution < -0.4 is 9.64 Å². The summed E-state index contributed by atoms with van der Waals surface area (Å²) < 4.78 is 40.1. The predicted octanol–water partition coefficient (Wildman–Crippen LogP) is 2.34. The molecule has 156 valence electrons. The molecule has 0 amide bonds. The highest BCUT2D eigenvalue weighted by Gasteiger charge is 2.26. The van der Waals surface area contributed by atoms with Crippen molar-refractivity contribution < 1.29 is 32.2 Å². The molecule has 0 saturated carbocycles. The number of ether oxygens (including phenoxy) is 3. The van der Waals surface area contributed by atoms with Gasteiger partial charge in [-0.2, -0.15) is 0 Å². The van der Waals surface area contributed by atoms with Gasteiger partial charge in [0.25, 0.3) is 0 Å². The molecule has 0 radical (unpaired) electrons. The number of hydrogen-bond acceptors (Lipinski definition) is 8. The molecule has 1 heterocycles. The summed E-state index contributed by atoms with van der Waals surface area (Å²) in [6, 6.07) is 7.30. The molecule has 0 fully saturated rings. The number of carbonyl (C=O) groups is 2. The molecule has 0 spiro atoms. The largest absolute Gasteiger partial charge is 0.459 e. The number of nitrogens with zero attached hydrogens (tertiary/aromatic N) is 1. The maximum absolute atomic E-state index is 12.3. The number of anilines is 1. The van der Waals surface area contributed by atoms with Gasteiger partial charge in [-0.1, -0.05) is 25.6 Å². The van der Waals surface area contributed by atoms with Gasteiger partial charge in [0.05, 0.1) is 11.4 Å². The van der Waals surface area contributed by atoms with Crippen molar-refractivity contribution in [3.8, 4) is 5.75 Å². The fraction of sp³-hybridized carbons (Fsp3) is 0.300. The predicted molar refractivity (Wildman–Crippen MR) is 108 cm³/mol. The molecule has 1 aliphatic rings. The van der Waals surface area contributed by atoms with Crippen molar-refractivity contribution in [2.24, 2.45) is 0 Å². The van der Waals surface area contributed by atoms with E-state index in [4.69, 9.17) is 14.2 Å². The van der Waals surface area contributed by atoms with Gasteiger partial charge in [0, 0.05) is 18.7 Å². The normalized spacial score (nSPS) is 14.9. The number of rotatable bonds is 8. The number of fused-ring (bicyclic) bond motifs is 1. The summed E-state index contributed by atoms with van der Waals surface area (Å²) in [4.78, 5) is 24.8. The van der Waals surface area contributed by atoms with Gasteiger partial charge in [-0.15, -0.1) is 0 Å². The lowest BCUT2D eigenvalue weighted by Gasteiger charge is -2.11. The van der Waals surface area contributed by atoms with Crippen molar-refractivity contribution >= 4 is 27.5 Å². The van der Waals surface area contributed by atoms with Crippen LogP contribution >= 0.6 is 0 Å². The lowest BCUT2D eigenvalue weighted by atomic mass is 10.3. The molecule has 0 atom stereocenters. The van der Waals surface area contributed by atoms with Gasteiger partial charge < -0.3 is 19.1 Å². The molecule has 0 saturated heterocycles. The van der Waals surface area contributed by atoms with Crippen LogP contribution in [0.3, 0.4) is 0 Å². The molecule has 29 heavy (non-hydrogen) atoms. The van der Waals surface area contributed by atoms with E-state index < -0.39 is 26.7 Å². The molecule has 0 aliphatic carbocycles. The minimum absolute atomic E-state index is 0.207. The van der Waals surface area contributed by atoms with E-state index in [-0.39, 0.29) is 24.5 Å². The Kier molecular flexibility index (Phi) is 7.22. The minimum atomic E-state index is -3.86. The van der Waals surface area contributed by atoms with E-state index in [1.54, 1.807) is 18.0 Å². The third-order valence-electron chi connectivity index (χ3n) is 3.96. The lowest BCUT2D eigenvalue weighted by molar-refractivity contribution is -0.146. The number of para-hydroxylation sites is 2. The maximum atomic E-state index is 12.3. The summed E-state index contributed by atoms with van der Waals surface area (Å²) in [7, 11) is -2.10. The highest BCUT2D eigenvalue weighted by Crippen LogP contribution is 2.37. The number of carbonyl (C=O) groups excluding carboxylic acids is 2. The van der Waals surface area contributed by atoms with Crippen LogP contribution in [0, 0.1) is 0 Å². The second-order valence-electron chi connectivity index (χ2n) is 6.12. The van der Waals surface area contributed by atoms with Crippen LogP contribution in [0.5, 0.6) is 5.75 Å². The topological polar surface area (TPSA) is 99.2 Å². The SMILES string of the molecule is C=C(C)C(=O)OCCOC(=O)/C(=C/C=C1\Oc2ccccc2N1C)S(=O)(=O)CC. The Bertz CT molecular complexity index is 976. The van der Waals surface area contributed by atoms with Crippen LogP contribution in [0.25, 0.3) is 0 Å². The summed E-state index contributed by atoms with van der Waals surface area (Å²) in [5, 5.41) is 0. The van der Waals surface area contributed by atoms with Crippen molar-refractivity contribution in [3.05, 3.63) is 59.4 Å². The van der Waals surface area contributed by atoms with E-state index >= 15 is 0 Å². The number of hydrogen-bond donors (Lipinski definition) is 0. The van der Waals surface area contributed by atoms with Crippen molar-refractivity contribution in [3.63, 3.8) is 0 Å². The summed E-state index contributed by atoms with van der Waals surface area (Å²) in [5.41, 5.74) is 1.02. The Morgan fingerprint density at radius 1 is 1.17 bits per heavy atom. The van der Waals surface area contributed by atoms with Crippen LogP contribution in [-0.2, 0) is 28.9 Å². The Hall–Kier alpha value is -3.07. The zero-order valence-corrected chi connectivity index (χ0v) is 17.3. The van der Waals surface area contributed by atoms with E-state index in [1.807, 2.05) is 18.2 Å². The van der Waals surface area contributed by atoms with Crippen LogP contribution in [0.1, 0.15) is 13.8 Å². The Morgan fingerprint density at radius 2 is 1.79 bits per heavy atom. The van der Waals surface area contributed by atoms with Gasteiger partial charge in [0.2, 0.25) is 0 Å². The van der Waals surface area contributed by atoms with Gasteiger partial charge in [0.1, 0.15) is 13.2 Å². The summed E-state index contributed by atoms with van der Waals surface area (Å²) in [5.74, 6) is -0.954. The first-order valence-electron chi connectivity index (χ1n) is 8.82. The van der Waals surface area contributed by atoms with Crippen molar-refractivity contribution in [2.45, 2.75) is 13.8 Å². The molecule has 0 unspecified atom stereocenters. The second-order valence-corrected chi connectivity index (χ2v) is 8.37. The summed E-state index contributed by atoms with van der Waals surface area (Å²) in [6.45, 7) is 5.84. The van der Waals surface area contributed by atoms with Gasteiger partial charge in [-0.3, -0.25) is 0 Å². The van der Waals surface area contributed by atoms with Gasteiger partial charge in [0.15, 0.2) is 26.4 Å². The highest BCUT2D eigenvalue weighted by atomic mass is 32.2. The molecule has 1 aromatic rings. The number of benzene rings is 1. The Morgan fingerprint density at radius 3 is 2.38 bits per heavy atom. The van der Waals surface area contributed by atoms with Crippen LogP contribution in [0.4, 0.5) is 5.69 Å². The maximum Gasteiger partial charge on any atom is 0.349 e. The second kappa shape index (κ2) is 9.42. The average molecular weight is 421 g/mol. The highest BCUT2D eigenvalue weighted by molar-refractivity contribution is 7.96. The quantitative estimate of drug-likeness (QED) is 0.358. The van der Waals surface area contributed by atoms with E-state index in [1.165, 1.54) is 19.9 Å². The molecule has 0 bridgehead atoms. The first kappa shape index (κ1) is 22.2. The molecule has 1 aromatic carbocycles. The van der Waals surface area contributed by atoms with Gasteiger partial charge in [-0.05, 0) is 25.1 Å². The smallest absolute Gasteiger partial charge is 0.349 e. The molecule has 9 heteroatoms. The Labute approximate surface area is 170 Å².